The van der Waals surface area contributed by atoms with Crippen molar-refractivity contribution in [3.8, 4) is 0 Å². The Labute approximate surface area is 108 Å². The minimum absolute atomic E-state index is 0.389. The lowest BCUT2D eigenvalue weighted by atomic mass is 10.1. The van der Waals surface area contributed by atoms with Crippen LogP contribution in [0.4, 0.5) is 5.69 Å². The van der Waals surface area contributed by atoms with Crippen LogP contribution >= 0.6 is 0 Å². The molecule has 2 aromatic rings. The minimum Gasteiger partial charge on any atom is -0.385 e. The van der Waals surface area contributed by atoms with Crippen molar-refractivity contribution in [1.82, 2.24) is 0 Å². The van der Waals surface area contributed by atoms with E-state index in [1.54, 1.807) is 12.1 Å². The average Bonchev–Trinajstić information content (AvgIpc) is 2.34. The molecule has 0 bridgehead atoms. The lowest BCUT2D eigenvalue weighted by Crippen LogP contribution is -2.02. The fourth-order valence-electron chi connectivity index (χ4n) is 2.02. The molecular weight excluding hydrogens is 246 g/mol. The second-order valence-electron chi connectivity index (χ2n) is 4.36. The number of fused-ring (bicyclic) bond motifs is 1. The molecule has 0 aliphatic rings. The first-order valence-corrected chi connectivity index (χ1v) is 7.89. The highest BCUT2D eigenvalue weighted by atomic mass is 32.2. The molecule has 0 saturated carbocycles. The minimum atomic E-state index is -3.19. The largest absolute Gasteiger partial charge is 0.385 e. The first-order valence-electron chi connectivity index (χ1n) is 5.99. The highest BCUT2D eigenvalue weighted by Crippen LogP contribution is 2.28. The SMILES string of the molecule is CCCNc1cccc2c(S(C)(=O)=O)cccc12. The molecule has 0 aliphatic carbocycles. The predicted molar refractivity (Wildman–Crippen MR) is 75.8 cm³/mol. The van der Waals surface area contributed by atoms with Crippen LogP contribution in [0.2, 0.25) is 0 Å². The average molecular weight is 263 g/mol. The van der Waals surface area contributed by atoms with Gasteiger partial charge in [0.05, 0.1) is 4.90 Å². The molecule has 0 amide bonds. The molecule has 2 aromatic carbocycles. The van der Waals surface area contributed by atoms with E-state index in [1.807, 2.05) is 24.3 Å². The third-order valence-electron chi connectivity index (χ3n) is 2.85. The molecule has 0 unspecified atom stereocenters. The van der Waals surface area contributed by atoms with Crippen molar-refractivity contribution in [2.45, 2.75) is 18.2 Å². The second kappa shape index (κ2) is 4.98. The molecule has 0 atom stereocenters. The van der Waals surface area contributed by atoms with E-state index in [1.165, 1.54) is 6.26 Å². The van der Waals surface area contributed by atoms with Crippen LogP contribution in [0.1, 0.15) is 13.3 Å². The van der Waals surface area contributed by atoms with Crippen LogP contribution in [0.25, 0.3) is 10.8 Å². The molecule has 0 aromatic heterocycles. The van der Waals surface area contributed by atoms with Crippen LogP contribution in [0.15, 0.2) is 41.3 Å². The number of hydrogen-bond acceptors (Lipinski definition) is 3. The van der Waals surface area contributed by atoms with Gasteiger partial charge in [0.25, 0.3) is 0 Å². The molecule has 0 fully saturated rings. The summed E-state index contributed by atoms with van der Waals surface area (Å²) in [5, 5.41) is 5.05. The molecule has 0 radical (unpaired) electrons. The van der Waals surface area contributed by atoms with E-state index in [0.717, 1.165) is 29.4 Å². The van der Waals surface area contributed by atoms with Gasteiger partial charge in [-0.2, -0.15) is 0 Å². The van der Waals surface area contributed by atoms with Crippen molar-refractivity contribution in [2.24, 2.45) is 0 Å². The van der Waals surface area contributed by atoms with Crippen molar-refractivity contribution in [3.63, 3.8) is 0 Å². The van der Waals surface area contributed by atoms with Gasteiger partial charge in [-0.25, -0.2) is 8.42 Å². The topological polar surface area (TPSA) is 46.2 Å². The first-order chi connectivity index (χ1) is 8.54. The highest BCUT2D eigenvalue weighted by Gasteiger charge is 2.12. The number of hydrogen-bond donors (Lipinski definition) is 1. The Morgan fingerprint density at radius 1 is 1.06 bits per heavy atom. The first kappa shape index (κ1) is 12.9. The zero-order valence-electron chi connectivity index (χ0n) is 10.6. The van der Waals surface area contributed by atoms with E-state index >= 15 is 0 Å². The summed E-state index contributed by atoms with van der Waals surface area (Å²) < 4.78 is 23.5. The van der Waals surface area contributed by atoms with Crippen LogP contribution in [0.5, 0.6) is 0 Å². The number of nitrogens with one attached hydrogen (secondary N) is 1. The van der Waals surface area contributed by atoms with Crippen LogP contribution in [0, 0.1) is 0 Å². The Morgan fingerprint density at radius 2 is 1.72 bits per heavy atom. The maximum atomic E-state index is 11.8. The summed E-state index contributed by atoms with van der Waals surface area (Å²) in [4.78, 5) is 0.389. The van der Waals surface area contributed by atoms with Crippen LogP contribution < -0.4 is 5.32 Å². The lowest BCUT2D eigenvalue weighted by Gasteiger charge is -2.11. The Hall–Kier alpha value is -1.55. The van der Waals surface area contributed by atoms with Gasteiger partial charge in [-0.05, 0) is 18.6 Å². The molecule has 3 nitrogen and oxygen atoms in total. The Bertz CT molecular complexity index is 663. The number of rotatable bonds is 4. The third kappa shape index (κ3) is 2.48. The van der Waals surface area contributed by atoms with Gasteiger partial charge in [-0.15, -0.1) is 0 Å². The summed E-state index contributed by atoms with van der Waals surface area (Å²) in [5.74, 6) is 0. The zero-order valence-corrected chi connectivity index (χ0v) is 11.4. The van der Waals surface area contributed by atoms with E-state index in [4.69, 9.17) is 0 Å². The van der Waals surface area contributed by atoms with E-state index < -0.39 is 9.84 Å². The van der Waals surface area contributed by atoms with E-state index in [-0.39, 0.29) is 0 Å². The molecule has 96 valence electrons. The van der Waals surface area contributed by atoms with Gasteiger partial charge < -0.3 is 5.32 Å². The molecule has 2 rings (SSSR count). The van der Waals surface area contributed by atoms with Gasteiger partial charge in [-0.3, -0.25) is 0 Å². The fourth-order valence-corrected chi connectivity index (χ4v) is 2.92. The maximum absolute atomic E-state index is 11.8. The lowest BCUT2D eigenvalue weighted by molar-refractivity contribution is 0.602. The summed E-state index contributed by atoms with van der Waals surface area (Å²) in [6.07, 6.45) is 2.27. The van der Waals surface area contributed by atoms with Crippen LogP contribution in [-0.4, -0.2) is 21.2 Å². The van der Waals surface area contributed by atoms with E-state index in [2.05, 4.69) is 12.2 Å². The van der Waals surface area contributed by atoms with Crippen molar-refractivity contribution in [2.75, 3.05) is 18.1 Å². The van der Waals surface area contributed by atoms with Crippen molar-refractivity contribution >= 4 is 26.3 Å². The standard InChI is InChI=1S/C14H17NO2S/c1-3-10-15-13-8-4-7-12-11(13)6-5-9-14(12)18(2,16)17/h4-9,15H,3,10H2,1-2H3. The van der Waals surface area contributed by atoms with E-state index in [0.29, 0.717) is 4.90 Å². The molecule has 0 saturated heterocycles. The zero-order chi connectivity index (χ0) is 13.2. The smallest absolute Gasteiger partial charge is 0.176 e. The monoisotopic (exact) mass is 263 g/mol. The maximum Gasteiger partial charge on any atom is 0.176 e. The summed E-state index contributed by atoms with van der Waals surface area (Å²) in [7, 11) is -3.19. The van der Waals surface area contributed by atoms with Gasteiger partial charge >= 0.3 is 0 Å². The van der Waals surface area contributed by atoms with Gasteiger partial charge in [0.2, 0.25) is 0 Å². The van der Waals surface area contributed by atoms with Crippen molar-refractivity contribution in [1.29, 1.82) is 0 Å². The van der Waals surface area contributed by atoms with E-state index in [9.17, 15) is 8.42 Å². The Balaban J connectivity index is 2.66. The van der Waals surface area contributed by atoms with Crippen molar-refractivity contribution < 1.29 is 8.42 Å². The molecule has 4 heteroatoms. The van der Waals surface area contributed by atoms with Crippen LogP contribution in [0.3, 0.4) is 0 Å². The molecule has 1 N–H and O–H groups in total. The normalized spacial score (nSPS) is 11.7. The Kier molecular flexibility index (Phi) is 3.57. The molecule has 0 spiro atoms. The van der Waals surface area contributed by atoms with Gasteiger partial charge in [0, 0.05) is 29.3 Å². The second-order valence-corrected chi connectivity index (χ2v) is 6.34. The number of benzene rings is 2. The Morgan fingerprint density at radius 3 is 2.39 bits per heavy atom. The molecule has 0 heterocycles. The summed E-state index contributed by atoms with van der Waals surface area (Å²) in [5.41, 5.74) is 0.986. The fraction of sp³-hybridized carbons (Fsp3) is 0.286. The highest BCUT2D eigenvalue weighted by molar-refractivity contribution is 7.91. The summed E-state index contributed by atoms with van der Waals surface area (Å²) in [6.45, 7) is 2.97. The predicted octanol–water partition coefficient (Wildman–Crippen LogP) is 3.07. The molecular formula is C14H17NO2S. The number of sulfone groups is 1. The summed E-state index contributed by atoms with van der Waals surface area (Å²) >= 11 is 0. The van der Waals surface area contributed by atoms with Gasteiger partial charge in [0.15, 0.2) is 9.84 Å². The van der Waals surface area contributed by atoms with Gasteiger partial charge in [-0.1, -0.05) is 31.2 Å². The molecule has 0 aliphatic heterocycles. The number of anilines is 1. The van der Waals surface area contributed by atoms with Gasteiger partial charge in [0.1, 0.15) is 0 Å². The quantitative estimate of drug-likeness (QED) is 0.922. The molecule has 18 heavy (non-hydrogen) atoms. The van der Waals surface area contributed by atoms with Crippen LogP contribution in [-0.2, 0) is 9.84 Å². The van der Waals surface area contributed by atoms with Crippen molar-refractivity contribution in [3.05, 3.63) is 36.4 Å². The summed E-state index contributed by atoms with van der Waals surface area (Å²) in [6, 6.07) is 11.1. The third-order valence-corrected chi connectivity index (χ3v) is 4.00.